The number of carbonyl (C=O) groups is 3. The molecule has 2 aromatic carbocycles. The van der Waals surface area contributed by atoms with Gasteiger partial charge in [0.1, 0.15) is 11.6 Å². The number of aliphatic hydroxyl groups is 1. The third-order valence-electron chi connectivity index (χ3n) is 8.09. The lowest BCUT2D eigenvalue weighted by Gasteiger charge is -2.39. The minimum Gasteiger partial charge on any atom is -0.466 e. The summed E-state index contributed by atoms with van der Waals surface area (Å²) < 4.78 is 11.9. The normalized spacial score (nSPS) is 29.7. The van der Waals surface area contributed by atoms with Gasteiger partial charge in [-0.3, -0.25) is 14.4 Å². The van der Waals surface area contributed by atoms with Crippen molar-refractivity contribution in [3.05, 3.63) is 84.4 Å². The molecule has 0 radical (unpaired) electrons. The largest absolute Gasteiger partial charge is 0.466 e. The third kappa shape index (κ3) is 4.60. The Morgan fingerprint density at radius 2 is 1.90 bits per heavy atom. The number of benzene rings is 2. The fourth-order valence-corrected chi connectivity index (χ4v) is 7.53. The molecule has 3 fully saturated rings. The van der Waals surface area contributed by atoms with E-state index in [1.54, 1.807) is 17.9 Å². The lowest BCUT2D eigenvalue weighted by molar-refractivity contribution is -0.156. The Bertz CT molecular complexity index is 1230. The summed E-state index contributed by atoms with van der Waals surface area (Å²) in [5.74, 6) is -2.95. The van der Waals surface area contributed by atoms with Gasteiger partial charge in [0.25, 0.3) is 0 Å². The molecule has 0 aromatic heterocycles. The number of nitrogens with zero attached hydrogens (tertiary/aromatic N) is 2. The Kier molecular flexibility index (Phi) is 7.94. The molecule has 7 atom stereocenters. The molecule has 1 spiro atoms. The molecule has 2 aromatic rings. The van der Waals surface area contributed by atoms with Gasteiger partial charge in [0.05, 0.1) is 37.2 Å². The molecule has 0 saturated carbocycles. The molecule has 3 saturated heterocycles. The van der Waals surface area contributed by atoms with Gasteiger partial charge in [-0.05, 0) is 24.5 Å². The minimum absolute atomic E-state index is 0.169. The Hall–Kier alpha value is -3.01. The number of likely N-dealkylation sites (tertiary alicyclic amines) is 1. The molecule has 3 heterocycles. The van der Waals surface area contributed by atoms with E-state index >= 15 is 0 Å². The van der Waals surface area contributed by atoms with E-state index in [1.165, 1.54) is 4.90 Å². The highest BCUT2D eigenvalue weighted by atomic mass is 79.9. The fourth-order valence-electron chi connectivity index (χ4n) is 6.58. The van der Waals surface area contributed by atoms with Gasteiger partial charge >= 0.3 is 5.97 Å². The molecule has 1 N–H and O–H groups in total. The van der Waals surface area contributed by atoms with Gasteiger partial charge in [0.2, 0.25) is 11.8 Å². The second-order valence-electron chi connectivity index (χ2n) is 10.3. The van der Waals surface area contributed by atoms with Crippen molar-refractivity contribution < 1.29 is 29.0 Å². The van der Waals surface area contributed by atoms with Crippen LogP contribution in [0.3, 0.4) is 0 Å². The van der Waals surface area contributed by atoms with Crippen LogP contribution in [0, 0.1) is 11.8 Å². The summed E-state index contributed by atoms with van der Waals surface area (Å²) in [5, 5.41) is 10.6. The van der Waals surface area contributed by atoms with E-state index in [0.29, 0.717) is 18.5 Å². The van der Waals surface area contributed by atoms with Crippen LogP contribution < -0.4 is 0 Å². The van der Waals surface area contributed by atoms with Gasteiger partial charge in [0.15, 0.2) is 0 Å². The summed E-state index contributed by atoms with van der Waals surface area (Å²) in [7, 11) is 0. The van der Waals surface area contributed by atoms with Crippen molar-refractivity contribution in [1.82, 2.24) is 9.80 Å². The van der Waals surface area contributed by atoms with E-state index < -0.39 is 48.2 Å². The molecule has 206 valence electrons. The maximum absolute atomic E-state index is 14.6. The topological polar surface area (TPSA) is 96.4 Å². The molecule has 2 bridgehead atoms. The second-order valence-corrected chi connectivity index (χ2v) is 11.4. The smallest absolute Gasteiger partial charge is 0.312 e. The van der Waals surface area contributed by atoms with Crippen LogP contribution in [-0.2, 0) is 30.4 Å². The Labute approximate surface area is 236 Å². The number of rotatable bonds is 10. The van der Waals surface area contributed by atoms with Crippen molar-refractivity contribution >= 4 is 33.7 Å². The zero-order valence-electron chi connectivity index (χ0n) is 21.8. The second kappa shape index (κ2) is 11.2. The highest BCUT2D eigenvalue weighted by molar-refractivity contribution is 9.09. The van der Waals surface area contributed by atoms with Gasteiger partial charge in [-0.15, -0.1) is 6.58 Å². The summed E-state index contributed by atoms with van der Waals surface area (Å²) in [6.07, 6.45) is 1.43. The Morgan fingerprint density at radius 1 is 1.23 bits per heavy atom. The van der Waals surface area contributed by atoms with Crippen LogP contribution in [0.25, 0.3) is 0 Å². The summed E-state index contributed by atoms with van der Waals surface area (Å²) in [5.41, 5.74) is 0.375. The van der Waals surface area contributed by atoms with E-state index in [0.717, 1.165) is 5.56 Å². The predicted molar refractivity (Wildman–Crippen MR) is 148 cm³/mol. The molecule has 2 amide bonds. The van der Waals surface area contributed by atoms with Gasteiger partial charge in [0, 0.05) is 17.9 Å². The first-order valence-corrected chi connectivity index (χ1v) is 14.2. The standard InChI is InChI=1S/C30H33BrN2O6/c1-3-15-32(17-19-11-7-5-8-12-19)28(36)26-30-16-21(31)25(39-30)23(29(37)38-4-2)24(30)27(35)33(26)22(18-34)20-13-9-6-10-14-20/h3,5-14,21-26,34H,1,4,15-18H2,2H3/t21?,22-,23+,24+,25+,26?,30?/m1/s1. The lowest BCUT2D eigenvalue weighted by Crippen LogP contribution is -2.57. The van der Waals surface area contributed by atoms with E-state index in [2.05, 4.69) is 22.5 Å². The predicted octanol–water partition coefficient (Wildman–Crippen LogP) is 3.25. The number of carbonyl (C=O) groups excluding carboxylic acids is 3. The summed E-state index contributed by atoms with van der Waals surface area (Å²) in [6.45, 7) is 5.90. The quantitative estimate of drug-likeness (QED) is 0.257. The number of fused-ring (bicyclic) bond motifs is 1. The van der Waals surface area contributed by atoms with Crippen molar-refractivity contribution in [3.63, 3.8) is 0 Å². The fraction of sp³-hybridized carbons (Fsp3) is 0.433. The first kappa shape index (κ1) is 27.6. The van der Waals surface area contributed by atoms with Crippen LogP contribution in [0.1, 0.15) is 30.5 Å². The van der Waals surface area contributed by atoms with Crippen LogP contribution in [0.4, 0.5) is 0 Å². The molecular weight excluding hydrogens is 564 g/mol. The average Bonchev–Trinajstić information content (AvgIpc) is 3.53. The number of ether oxygens (including phenoxy) is 2. The number of aliphatic hydroxyl groups excluding tert-OH is 1. The van der Waals surface area contributed by atoms with E-state index in [9.17, 15) is 19.5 Å². The summed E-state index contributed by atoms with van der Waals surface area (Å²) in [6, 6.07) is 16.9. The molecule has 8 nitrogen and oxygen atoms in total. The van der Waals surface area contributed by atoms with Crippen molar-refractivity contribution in [2.75, 3.05) is 19.8 Å². The van der Waals surface area contributed by atoms with Crippen LogP contribution >= 0.6 is 15.9 Å². The molecule has 39 heavy (non-hydrogen) atoms. The van der Waals surface area contributed by atoms with Gasteiger partial charge in [-0.25, -0.2) is 0 Å². The maximum Gasteiger partial charge on any atom is 0.312 e. The monoisotopic (exact) mass is 596 g/mol. The van der Waals surface area contributed by atoms with Crippen LogP contribution in [0.5, 0.6) is 0 Å². The van der Waals surface area contributed by atoms with Crippen LogP contribution in [-0.4, -0.2) is 75.0 Å². The highest BCUT2D eigenvalue weighted by Crippen LogP contribution is 2.61. The van der Waals surface area contributed by atoms with E-state index in [4.69, 9.17) is 9.47 Å². The van der Waals surface area contributed by atoms with Gasteiger partial charge < -0.3 is 24.4 Å². The molecule has 3 unspecified atom stereocenters. The molecule has 3 aliphatic heterocycles. The number of alkyl halides is 1. The van der Waals surface area contributed by atoms with Gasteiger partial charge in [-0.1, -0.05) is 82.7 Å². The molecular formula is C30H33BrN2O6. The third-order valence-corrected chi connectivity index (χ3v) is 8.94. The van der Waals surface area contributed by atoms with E-state index in [-0.39, 0.29) is 29.8 Å². The number of halogens is 1. The SMILES string of the molecule is C=CCN(Cc1ccccc1)C(=O)C1N([C@H](CO)c2ccccc2)C(=O)[C@@H]2[C@H](C(=O)OCC)[C@H]3OC12CC3Br. The first-order valence-electron chi connectivity index (χ1n) is 13.3. The molecule has 0 aliphatic carbocycles. The van der Waals surface area contributed by atoms with E-state index in [1.807, 2.05) is 60.7 Å². The zero-order valence-corrected chi connectivity index (χ0v) is 23.4. The number of amides is 2. The zero-order chi connectivity index (χ0) is 27.7. The average molecular weight is 598 g/mol. The first-order chi connectivity index (χ1) is 18.9. The van der Waals surface area contributed by atoms with Crippen LogP contribution in [0.15, 0.2) is 73.3 Å². The van der Waals surface area contributed by atoms with Gasteiger partial charge in [-0.2, -0.15) is 0 Å². The minimum atomic E-state index is -1.25. The number of esters is 1. The Balaban J connectivity index is 1.62. The van der Waals surface area contributed by atoms with Crippen molar-refractivity contribution in [3.8, 4) is 0 Å². The van der Waals surface area contributed by atoms with Crippen molar-refractivity contribution in [1.29, 1.82) is 0 Å². The maximum atomic E-state index is 14.6. The van der Waals surface area contributed by atoms with Crippen molar-refractivity contribution in [2.45, 2.75) is 48.5 Å². The number of hydrogen-bond donors (Lipinski definition) is 1. The summed E-state index contributed by atoms with van der Waals surface area (Å²) >= 11 is 3.67. The van der Waals surface area contributed by atoms with Crippen molar-refractivity contribution in [2.24, 2.45) is 11.8 Å². The number of hydrogen-bond acceptors (Lipinski definition) is 6. The Morgan fingerprint density at radius 3 is 2.51 bits per heavy atom. The highest BCUT2D eigenvalue weighted by Gasteiger charge is 2.77. The molecule has 9 heteroatoms. The summed E-state index contributed by atoms with van der Waals surface area (Å²) in [4.78, 5) is 45.0. The molecule has 5 rings (SSSR count). The molecule has 3 aliphatic rings. The van der Waals surface area contributed by atoms with Crippen LogP contribution in [0.2, 0.25) is 0 Å². The lowest BCUT2D eigenvalue weighted by atomic mass is 9.70.